The highest BCUT2D eigenvalue weighted by Gasteiger charge is 2.07. The van der Waals surface area contributed by atoms with Crippen LogP contribution < -0.4 is 10.5 Å². The van der Waals surface area contributed by atoms with E-state index in [0.29, 0.717) is 28.5 Å². The maximum absolute atomic E-state index is 14.4. The van der Waals surface area contributed by atoms with Crippen LogP contribution in [0.1, 0.15) is 16.8 Å². The molecule has 140 valence electrons. The molecule has 0 unspecified atom stereocenters. The van der Waals surface area contributed by atoms with Gasteiger partial charge in [0.1, 0.15) is 11.5 Å². The molecule has 5 nitrogen and oxygen atoms in total. The lowest BCUT2D eigenvalue weighted by atomic mass is 10.1. The number of nitrogens with two attached hydrogens (primary N) is 1. The van der Waals surface area contributed by atoms with Gasteiger partial charge in [-0.15, -0.1) is 6.42 Å². The number of aliphatic imine (C=N–C) groups is 1. The number of aromatic nitrogens is 2. The summed E-state index contributed by atoms with van der Waals surface area (Å²) >= 11 is 1.33. The summed E-state index contributed by atoms with van der Waals surface area (Å²) in [5.41, 5.74) is 6.62. The van der Waals surface area contributed by atoms with Gasteiger partial charge in [-0.05, 0) is 35.8 Å². The van der Waals surface area contributed by atoms with Crippen molar-refractivity contribution in [1.82, 2.24) is 9.97 Å². The predicted octanol–water partition coefficient (Wildman–Crippen LogP) is 3.32. The van der Waals surface area contributed by atoms with Crippen LogP contribution in [0.2, 0.25) is 0 Å². The van der Waals surface area contributed by atoms with Crippen LogP contribution >= 0.6 is 11.8 Å². The number of hydrogen-bond acceptors (Lipinski definition) is 5. The number of hydrogen-bond donors (Lipinski definition) is 1. The van der Waals surface area contributed by atoms with Crippen molar-refractivity contribution in [2.24, 2.45) is 10.7 Å². The lowest BCUT2D eigenvalue weighted by molar-refractivity contribution is 0.353. The first-order chi connectivity index (χ1) is 13.0. The van der Waals surface area contributed by atoms with Crippen LogP contribution in [0.15, 0.2) is 35.6 Å². The quantitative estimate of drug-likeness (QED) is 0.448. The van der Waals surface area contributed by atoms with Crippen LogP contribution in [-0.2, 0) is 6.42 Å². The zero-order valence-electron chi connectivity index (χ0n) is 14.7. The zero-order chi connectivity index (χ0) is 19.6. The van der Waals surface area contributed by atoms with Gasteiger partial charge in [0.25, 0.3) is 0 Å². The number of thioether (sulfide) groups is 1. The fraction of sp³-hybridized carbons (Fsp3) is 0.211. The second-order valence-corrected chi connectivity index (χ2v) is 6.35. The average molecular weight is 388 g/mol. The van der Waals surface area contributed by atoms with Gasteiger partial charge < -0.3 is 10.5 Å². The zero-order valence-corrected chi connectivity index (χ0v) is 15.5. The maximum Gasteiger partial charge on any atom is 0.233 e. The van der Waals surface area contributed by atoms with Gasteiger partial charge in [-0.1, -0.05) is 23.7 Å². The normalized spacial score (nSPS) is 11.9. The monoisotopic (exact) mass is 388 g/mol. The molecule has 0 amide bonds. The van der Waals surface area contributed by atoms with Gasteiger partial charge in [-0.25, -0.2) is 18.7 Å². The van der Waals surface area contributed by atoms with Gasteiger partial charge in [0, 0.05) is 12.8 Å². The maximum atomic E-state index is 14.4. The average Bonchev–Trinajstić information content (AvgIpc) is 2.68. The lowest BCUT2D eigenvalue weighted by Gasteiger charge is -2.05. The van der Waals surface area contributed by atoms with Gasteiger partial charge in [-0.2, -0.15) is 0 Å². The molecule has 1 aromatic carbocycles. The first kappa shape index (κ1) is 20.4. The first-order valence-electron chi connectivity index (χ1n) is 7.93. The van der Waals surface area contributed by atoms with Crippen molar-refractivity contribution >= 4 is 28.8 Å². The largest absolute Gasteiger partial charge is 0.463 e. The predicted molar refractivity (Wildman–Crippen MR) is 105 cm³/mol. The van der Waals surface area contributed by atoms with E-state index in [1.165, 1.54) is 42.4 Å². The summed E-state index contributed by atoms with van der Waals surface area (Å²) in [5.74, 6) is 2.13. The third-order valence-corrected chi connectivity index (χ3v) is 4.27. The Hall–Kier alpha value is -2.92. The summed E-state index contributed by atoms with van der Waals surface area (Å²) < 4.78 is 33.4. The molecule has 2 rings (SSSR count). The van der Waals surface area contributed by atoms with Crippen molar-refractivity contribution in [3.63, 3.8) is 0 Å². The van der Waals surface area contributed by atoms with Crippen LogP contribution in [0.25, 0.3) is 11.9 Å². The minimum absolute atomic E-state index is 0.0384. The van der Waals surface area contributed by atoms with Crippen molar-refractivity contribution in [1.29, 1.82) is 0 Å². The van der Waals surface area contributed by atoms with E-state index in [9.17, 15) is 8.78 Å². The Bertz CT molecular complexity index is 876. The molecule has 0 saturated carbocycles. The van der Waals surface area contributed by atoms with Crippen molar-refractivity contribution in [3.05, 3.63) is 53.2 Å². The molecule has 0 aliphatic carbocycles. The van der Waals surface area contributed by atoms with E-state index in [1.807, 2.05) is 0 Å². The van der Waals surface area contributed by atoms with E-state index < -0.39 is 5.83 Å². The highest BCUT2D eigenvalue weighted by molar-refractivity contribution is 8.13. The number of benzene rings is 1. The molecule has 27 heavy (non-hydrogen) atoms. The Morgan fingerprint density at radius 1 is 1.41 bits per heavy atom. The molecule has 0 saturated heterocycles. The van der Waals surface area contributed by atoms with Crippen molar-refractivity contribution in [2.45, 2.75) is 6.42 Å². The summed E-state index contributed by atoms with van der Waals surface area (Å²) in [5, 5.41) is 0.436. The Labute approximate surface area is 160 Å². The van der Waals surface area contributed by atoms with E-state index in [0.717, 1.165) is 0 Å². The Morgan fingerprint density at radius 2 is 2.22 bits per heavy atom. The van der Waals surface area contributed by atoms with E-state index in [1.54, 1.807) is 13.1 Å². The molecule has 1 heterocycles. The second-order valence-electron chi connectivity index (χ2n) is 5.24. The number of amidine groups is 1. The number of halogens is 2. The van der Waals surface area contributed by atoms with Gasteiger partial charge in [0.05, 0.1) is 12.4 Å². The van der Waals surface area contributed by atoms with E-state index >= 15 is 0 Å². The number of nitrogens with zero attached hydrogens (tertiary/aromatic N) is 3. The van der Waals surface area contributed by atoms with Gasteiger partial charge in [0.2, 0.25) is 5.88 Å². The van der Waals surface area contributed by atoms with Gasteiger partial charge in [-0.3, -0.25) is 4.99 Å². The van der Waals surface area contributed by atoms with Gasteiger partial charge in [0.15, 0.2) is 17.6 Å². The standard InChI is InChI=1S/C19H18F2N4OS/c1-3-7-26-18-12-24-17(11-25-18)16(21)10-13-4-5-15(20)14(9-13)6-8-27-19(22)23-2/h1,4-5,9-12H,6-8H2,2H3,(H2,22,23)/b16-10-. The summed E-state index contributed by atoms with van der Waals surface area (Å²) in [7, 11) is 1.59. The minimum atomic E-state index is -0.597. The van der Waals surface area contributed by atoms with Crippen molar-refractivity contribution < 1.29 is 13.5 Å². The van der Waals surface area contributed by atoms with Crippen LogP contribution in [0.3, 0.4) is 0 Å². The Morgan fingerprint density at radius 3 is 2.89 bits per heavy atom. The SMILES string of the molecule is C#CCOc1cnc(/C(F)=C/c2ccc(F)c(CCSC(N)=NC)c2)cn1. The van der Waals surface area contributed by atoms with Crippen LogP contribution in [-0.4, -0.2) is 34.5 Å². The van der Waals surface area contributed by atoms with Gasteiger partial charge >= 0.3 is 0 Å². The second kappa shape index (κ2) is 10.3. The molecule has 0 atom stereocenters. The number of ether oxygens (including phenoxy) is 1. The summed E-state index contributed by atoms with van der Waals surface area (Å²) in [6.45, 7) is 0.0543. The van der Waals surface area contributed by atoms with Crippen molar-refractivity contribution in [2.75, 3.05) is 19.4 Å². The van der Waals surface area contributed by atoms with E-state index in [-0.39, 0.29) is 24.0 Å². The Kier molecular flexibility index (Phi) is 7.77. The van der Waals surface area contributed by atoms with Crippen LogP contribution in [0.5, 0.6) is 5.88 Å². The molecule has 8 heteroatoms. The van der Waals surface area contributed by atoms with Crippen LogP contribution in [0.4, 0.5) is 8.78 Å². The molecule has 1 aromatic heterocycles. The highest BCUT2D eigenvalue weighted by atomic mass is 32.2. The highest BCUT2D eigenvalue weighted by Crippen LogP contribution is 2.21. The molecule has 0 bridgehead atoms. The molecule has 2 N–H and O–H groups in total. The number of terminal acetylenes is 1. The smallest absolute Gasteiger partial charge is 0.233 e. The molecular weight excluding hydrogens is 370 g/mol. The first-order valence-corrected chi connectivity index (χ1v) is 8.91. The Balaban J connectivity index is 2.10. The lowest BCUT2D eigenvalue weighted by Crippen LogP contribution is -2.07. The molecule has 0 aliphatic heterocycles. The van der Waals surface area contributed by atoms with Crippen LogP contribution in [0, 0.1) is 18.2 Å². The molecule has 0 aliphatic rings. The third-order valence-electron chi connectivity index (χ3n) is 3.38. The van der Waals surface area contributed by atoms with Crippen molar-refractivity contribution in [3.8, 4) is 18.2 Å². The summed E-state index contributed by atoms with van der Waals surface area (Å²) in [6, 6.07) is 4.39. The molecular formula is C19H18F2N4OS. The number of aryl methyl sites for hydroxylation is 1. The fourth-order valence-electron chi connectivity index (χ4n) is 2.06. The summed E-state index contributed by atoms with van der Waals surface area (Å²) in [4.78, 5) is 11.7. The molecule has 0 radical (unpaired) electrons. The molecule has 0 fully saturated rings. The minimum Gasteiger partial charge on any atom is -0.463 e. The van der Waals surface area contributed by atoms with E-state index in [2.05, 4.69) is 20.9 Å². The topological polar surface area (TPSA) is 73.4 Å². The molecule has 2 aromatic rings. The fourth-order valence-corrected chi connectivity index (χ4v) is 2.72. The summed E-state index contributed by atoms with van der Waals surface area (Å²) in [6.07, 6.45) is 9.32. The van der Waals surface area contributed by atoms with E-state index in [4.69, 9.17) is 16.9 Å². The number of rotatable bonds is 7. The molecule has 0 spiro atoms. The third kappa shape index (κ3) is 6.38.